The van der Waals surface area contributed by atoms with Gasteiger partial charge in [0.05, 0.1) is 17.1 Å². The standard InChI is InChI=1S/C12H16ClNO5S/c1-3-18-4-5-19-12(15)10-6-9(20(14,16)17)7-11(13)8(10)2/h6-7H,3-5H2,1-2H3,(H2,14,16,17). The molecule has 112 valence electrons. The largest absolute Gasteiger partial charge is 0.460 e. The van der Waals surface area contributed by atoms with E-state index in [9.17, 15) is 13.2 Å². The number of hydrogen-bond donors (Lipinski definition) is 1. The molecule has 0 saturated heterocycles. The van der Waals surface area contributed by atoms with Crippen LogP contribution in [0.3, 0.4) is 0 Å². The lowest BCUT2D eigenvalue weighted by atomic mass is 10.1. The number of halogens is 1. The summed E-state index contributed by atoms with van der Waals surface area (Å²) in [5, 5.41) is 5.16. The summed E-state index contributed by atoms with van der Waals surface area (Å²) in [6.07, 6.45) is 0. The molecule has 0 aliphatic carbocycles. The van der Waals surface area contributed by atoms with Crippen molar-refractivity contribution in [1.82, 2.24) is 0 Å². The molecule has 0 aliphatic rings. The van der Waals surface area contributed by atoms with E-state index in [4.69, 9.17) is 26.2 Å². The topological polar surface area (TPSA) is 95.7 Å². The summed E-state index contributed by atoms with van der Waals surface area (Å²) < 4.78 is 32.6. The summed E-state index contributed by atoms with van der Waals surface area (Å²) in [6.45, 7) is 4.27. The van der Waals surface area contributed by atoms with Gasteiger partial charge in [-0.3, -0.25) is 0 Å². The lowest BCUT2D eigenvalue weighted by Gasteiger charge is -2.10. The van der Waals surface area contributed by atoms with Crippen LogP contribution < -0.4 is 5.14 Å². The molecule has 0 aliphatic heterocycles. The van der Waals surface area contributed by atoms with E-state index in [1.54, 1.807) is 6.92 Å². The van der Waals surface area contributed by atoms with Crippen LogP contribution in [0.25, 0.3) is 0 Å². The van der Waals surface area contributed by atoms with Crippen molar-refractivity contribution in [2.45, 2.75) is 18.7 Å². The number of sulfonamides is 1. The fourth-order valence-corrected chi connectivity index (χ4v) is 2.29. The van der Waals surface area contributed by atoms with Gasteiger partial charge in [0, 0.05) is 11.6 Å². The molecular weight excluding hydrogens is 306 g/mol. The summed E-state index contributed by atoms with van der Waals surface area (Å²) in [7, 11) is -3.94. The first-order chi connectivity index (χ1) is 9.27. The van der Waals surface area contributed by atoms with Gasteiger partial charge in [-0.05, 0) is 31.5 Å². The Kier molecular flexibility index (Phi) is 5.94. The van der Waals surface area contributed by atoms with E-state index < -0.39 is 16.0 Å². The molecule has 0 bridgehead atoms. The number of benzene rings is 1. The summed E-state index contributed by atoms with van der Waals surface area (Å²) in [5.41, 5.74) is 0.499. The Bertz CT molecular complexity index is 600. The zero-order valence-corrected chi connectivity index (χ0v) is 12.8. The lowest BCUT2D eigenvalue weighted by molar-refractivity contribution is 0.0334. The van der Waals surface area contributed by atoms with Gasteiger partial charge in [-0.1, -0.05) is 11.6 Å². The molecule has 0 amide bonds. The Labute approximate surface area is 122 Å². The summed E-state index contributed by atoms with van der Waals surface area (Å²) in [5.74, 6) is -0.672. The Morgan fingerprint density at radius 1 is 1.35 bits per heavy atom. The van der Waals surface area contributed by atoms with Crippen molar-refractivity contribution in [3.63, 3.8) is 0 Å². The van der Waals surface area contributed by atoms with Gasteiger partial charge in [0.25, 0.3) is 0 Å². The number of nitrogens with two attached hydrogens (primary N) is 1. The van der Waals surface area contributed by atoms with Gasteiger partial charge in [-0.25, -0.2) is 18.4 Å². The fourth-order valence-electron chi connectivity index (χ4n) is 1.45. The fraction of sp³-hybridized carbons (Fsp3) is 0.417. The maximum atomic E-state index is 11.9. The number of carbonyl (C=O) groups is 1. The molecule has 0 atom stereocenters. The van der Waals surface area contributed by atoms with Crippen molar-refractivity contribution >= 4 is 27.6 Å². The maximum Gasteiger partial charge on any atom is 0.338 e. The van der Waals surface area contributed by atoms with E-state index >= 15 is 0 Å². The van der Waals surface area contributed by atoms with E-state index in [0.717, 1.165) is 6.07 Å². The summed E-state index contributed by atoms with van der Waals surface area (Å²) >= 11 is 5.90. The van der Waals surface area contributed by atoms with Crippen LogP contribution in [0.1, 0.15) is 22.8 Å². The molecule has 0 unspecified atom stereocenters. The molecule has 0 heterocycles. The minimum atomic E-state index is -3.94. The highest BCUT2D eigenvalue weighted by atomic mass is 35.5. The van der Waals surface area contributed by atoms with Crippen LogP contribution in [0, 0.1) is 6.92 Å². The quantitative estimate of drug-likeness (QED) is 0.632. The second kappa shape index (κ2) is 7.03. The van der Waals surface area contributed by atoms with Gasteiger partial charge in [0.1, 0.15) is 6.61 Å². The number of esters is 1. The monoisotopic (exact) mass is 321 g/mol. The van der Waals surface area contributed by atoms with Crippen molar-refractivity contribution in [2.75, 3.05) is 19.8 Å². The van der Waals surface area contributed by atoms with E-state index in [0.29, 0.717) is 12.2 Å². The van der Waals surface area contributed by atoms with Gasteiger partial charge < -0.3 is 9.47 Å². The molecule has 0 fully saturated rings. The molecule has 2 N–H and O–H groups in total. The van der Waals surface area contributed by atoms with E-state index in [1.807, 2.05) is 6.92 Å². The van der Waals surface area contributed by atoms with Gasteiger partial charge in [0.15, 0.2) is 0 Å². The van der Waals surface area contributed by atoms with Crippen LogP contribution in [0.15, 0.2) is 17.0 Å². The van der Waals surface area contributed by atoms with Crippen molar-refractivity contribution in [3.05, 3.63) is 28.3 Å². The third-order valence-electron chi connectivity index (χ3n) is 2.53. The number of rotatable bonds is 6. The Hall–Kier alpha value is -1.15. The number of ether oxygens (including phenoxy) is 2. The SMILES string of the molecule is CCOCCOC(=O)c1cc(S(N)(=O)=O)cc(Cl)c1C. The molecular formula is C12H16ClNO5S. The smallest absolute Gasteiger partial charge is 0.338 e. The van der Waals surface area contributed by atoms with Crippen molar-refractivity contribution in [2.24, 2.45) is 5.14 Å². The summed E-state index contributed by atoms with van der Waals surface area (Å²) in [4.78, 5) is 11.7. The normalized spacial score (nSPS) is 11.4. The van der Waals surface area contributed by atoms with Gasteiger partial charge >= 0.3 is 5.97 Å². The first kappa shape index (κ1) is 16.9. The van der Waals surface area contributed by atoms with Gasteiger partial charge in [-0.2, -0.15) is 0 Å². The van der Waals surface area contributed by atoms with Crippen molar-refractivity contribution in [1.29, 1.82) is 0 Å². The molecule has 1 aromatic carbocycles. The lowest BCUT2D eigenvalue weighted by Crippen LogP contribution is -2.16. The zero-order chi connectivity index (χ0) is 15.3. The Morgan fingerprint density at radius 3 is 2.55 bits per heavy atom. The highest BCUT2D eigenvalue weighted by Crippen LogP contribution is 2.24. The zero-order valence-electron chi connectivity index (χ0n) is 11.2. The van der Waals surface area contributed by atoms with Crippen LogP contribution in [0.5, 0.6) is 0 Å². The van der Waals surface area contributed by atoms with Crippen molar-refractivity contribution in [3.8, 4) is 0 Å². The van der Waals surface area contributed by atoms with Crippen LogP contribution in [0.2, 0.25) is 5.02 Å². The van der Waals surface area contributed by atoms with E-state index in [1.165, 1.54) is 6.07 Å². The molecule has 1 aromatic rings. The number of hydrogen-bond acceptors (Lipinski definition) is 5. The minimum Gasteiger partial charge on any atom is -0.460 e. The number of carbonyl (C=O) groups excluding carboxylic acids is 1. The first-order valence-corrected chi connectivity index (χ1v) is 7.77. The van der Waals surface area contributed by atoms with Crippen molar-refractivity contribution < 1.29 is 22.7 Å². The first-order valence-electron chi connectivity index (χ1n) is 5.85. The maximum absolute atomic E-state index is 11.9. The third-order valence-corrected chi connectivity index (χ3v) is 3.82. The molecule has 0 aromatic heterocycles. The molecule has 8 heteroatoms. The van der Waals surface area contributed by atoms with E-state index in [-0.39, 0.29) is 28.7 Å². The predicted octanol–water partition coefficient (Wildman–Crippen LogP) is 1.49. The highest BCUT2D eigenvalue weighted by Gasteiger charge is 2.18. The minimum absolute atomic E-state index is 0.0676. The van der Waals surface area contributed by atoms with E-state index in [2.05, 4.69) is 0 Å². The highest BCUT2D eigenvalue weighted by molar-refractivity contribution is 7.89. The molecule has 6 nitrogen and oxygen atoms in total. The van der Waals surface area contributed by atoms with Gasteiger partial charge in [-0.15, -0.1) is 0 Å². The second-order valence-electron chi connectivity index (χ2n) is 3.96. The van der Waals surface area contributed by atoms with Crippen LogP contribution in [-0.4, -0.2) is 34.2 Å². The number of primary sulfonamides is 1. The van der Waals surface area contributed by atoms with Crippen LogP contribution >= 0.6 is 11.6 Å². The predicted molar refractivity (Wildman–Crippen MR) is 74.3 cm³/mol. The molecule has 0 radical (unpaired) electrons. The average molecular weight is 322 g/mol. The third kappa shape index (κ3) is 4.45. The summed E-state index contributed by atoms with van der Waals surface area (Å²) in [6, 6.07) is 2.35. The molecule has 20 heavy (non-hydrogen) atoms. The Morgan fingerprint density at radius 2 is 2.00 bits per heavy atom. The molecule has 1 rings (SSSR count). The molecule has 0 saturated carbocycles. The Balaban J connectivity index is 2.99. The average Bonchev–Trinajstić information content (AvgIpc) is 2.36. The second-order valence-corrected chi connectivity index (χ2v) is 5.92. The molecule has 0 spiro atoms. The van der Waals surface area contributed by atoms with Gasteiger partial charge in [0.2, 0.25) is 10.0 Å². The van der Waals surface area contributed by atoms with Crippen LogP contribution in [-0.2, 0) is 19.5 Å². The van der Waals surface area contributed by atoms with Crippen LogP contribution in [0.4, 0.5) is 0 Å².